The molecule has 12 heteroatoms. The molecule has 2 aromatic rings. The Hall–Kier alpha value is -3.15. The molecule has 0 saturated heterocycles. The van der Waals surface area contributed by atoms with Crippen LogP contribution in [0.25, 0.3) is 11.0 Å². The maximum Gasteiger partial charge on any atom is 0.337 e. The van der Waals surface area contributed by atoms with Gasteiger partial charge in [-0.25, -0.2) is 24.4 Å². The molecule has 0 bridgehead atoms. The van der Waals surface area contributed by atoms with E-state index in [1.54, 1.807) is 20.8 Å². The van der Waals surface area contributed by atoms with E-state index in [4.69, 9.17) is 4.74 Å². The highest BCUT2D eigenvalue weighted by atomic mass is 32.2. The van der Waals surface area contributed by atoms with Crippen molar-refractivity contribution in [1.82, 2.24) is 29.7 Å². The van der Waals surface area contributed by atoms with Gasteiger partial charge in [-0.2, -0.15) is 0 Å². The van der Waals surface area contributed by atoms with E-state index in [-0.39, 0.29) is 29.3 Å². The van der Waals surface area contributed by atoms with Crippen molar-refractivity contribution in [3.8, 4) is 0 Å². The van der Waals surface area contributed by atoms with Gasteiger partial charge in [-0.05, 0) is 26.7 Å². The van der Waals surface area contributed by atoms with Crippen LogP contribution in [-0.4, -0.2) is 49.5 Å². The SMILES string of the molecule is CCOC(=O)C1=C(CSc2nc(C)nc3c2c(=O)n(C)c(=O)n3CC(C)C)NC(=O)NC1C. The van der Waals surface area contributed by atoms with E-state index < -0.39 is 29.3 Å². The molecular formula is C21H28N6O5S. The van der Waals surface area contributed by atoms with Crippen molar-refractivity contribution in [3.05, 3.63) is 37.9 Å². The number of rotatable bonds is 7. The molecule has 1 unspecified atom stereocenters. The number of carbonyl (C=O) groups excluding carboxylic acids is 2. The van der Waals surface area contributed by atoms with E-state index >= 15 is 0 Å². The van der Waals surface area contributed by atoms with Crippen LogP contribution in [0.1, 0.15) is 33.5 Å². The van der Waals surface area contributed by atoms with Gasteiger partial charge >= 0.3 is 17.7 Å². The maximum atomic E-state index is 13.0. The average Bonchev–Trinajstić information content (AvgIpc) is 2.72. The first kappa shape index (κ1) is 24.5. The summed E-state index contributed by atoms with van der Waals surface area (Å²) in [7, 11) is 1.42. The zero-order valence-corrected chi connectivity index (χ0v) is 20.3. The first-order chi connectivity index (χ1) is 15.5. The minimum absolute atomic E-state index is 0.151. The highest BCUT2D eigenvalue weighted by molar-refractivity contribution is 7.99. The van der Waals surface area contributed by atoms with Crippen molar-refractivity contribution in [3.63, 3.8) is 0 Å². The number of ether oxygens (including phenoxy) is 1. The summed E-state index contributed by atoms with van der Waals surface area (Å²) in [5.41, 5.74) is 0.0195. The number of fused-ring (bicyclic) bond motifs is 1. The lowest BCUT2D eigenvalue weighted by atomic mass is 10.1. The second-order valence-electron chi connectivity index (χ2n) is 8.15. The van der Waals surface area contributed by atoms with Crippen molar-refractivity contribution in [2.45, 2.75) is 52.2 Å². The molecule has 0 fully saturated rings. The molecule has 3 rings (SSSR count). The molecule has 1 aliphatic rings. The van der Waals surface area contributed by atoms with Gasteiger partial charge in [0.05, 0.1) is 18.2 Å². The largest absolute Gasteiger partial charge is 0.463 e. The van der Waals surface area contributed by atoms with Crippen LogP contribution in [0, 0.1) is 12.8 Å². The summed E-state index contributed by atoms with van der Waals surface area (Å²) in [6.45, 7) is 9.61. The molecule has 3 heterocycles. The molecule has 2 N–H and O–H groups in total. The minimum Gasteiger partial charge on any atom is -0.463 e. The Morgan fingerprint density at radius 2 is 1.94 bits per heavy atom. The van der Waals surface area contributed by atoms with Crippen LogP contribution in [0.3, 0.4) is 0 Å². The Balaban J connectivity index is 2.13. The number of amides is 2. The molecular weight excluding hydrogens is 448 g/mol. The van der Waals surface area contributed by atoms with Gasteiger partial charge in [-0.3, -0.25) is 13.9 Å². The summed E-state index contributed by atoms with van der Waals surface area (Å²) in [5, 5.41) is 5.91. The Morgan fingerprint density at radius 1 is 1.24 bits per heavy atom. The number of nitrogens with one attached hydrogen (secondary N) is 2. The zero-order valence-electron chi connectivity index (χ0n) is 19.5. The molecule has 0 aromatic carbocycles. The number of aromatic nitrogens is 4. The molecule has 33 heavy (non-hydrogen) atoms. The van der Waals surface area contributed by atoms with Crippen molar-refractivity contribution >= 4 is 34.8 Å². The van der Waals surface area contributed by atoms with Crippen molar-refractivity contribution < 1.29 is 14.3 Å². The number of carbonyl (C=O) groups is 2. The van der Waals surface area contributed by atoms with Crippen LogP contribution in [0.2, 0.25) is 0 Å². The number of hydrogen-bond donors (Lipinski definition) is 2. The summed E-state index contributed by atoms with van der Waals surface area (Å²) in [6.07, 6.45) is 0. The van der Waals surface area contributed by atoms with Gasteiger partial charge in [0.25, 0.3) is 5.56 Å². The molecule has 0 aliphatic carbocycles. The predicted octanol–water partition coefficient (Wildman–Crippen LogP) is 1.07. The number of esters is 1. The monoisotopic (exact) mass is 476 g/mol. The van der Waals surface area contributed by atoms with Crippen molar-refractivity contribution in [2.24, 2.45) is 13.0 Å². The number of thioether (sulfide) groups is 1. The Kier molecular flexibility index (Phi) is 7.25. The molecule has 11 nitrogen and oxygen atoms in total. The molecule has 178 valence electrons. The van der Waals surface area contributed by atoms with Crippen molar-refractivity contribution in [1.29, 1.82) is 0 Å². The molecule has 0 radical (unpaired) electrons. The summed E-state index contributed by atoms with van der Waals surface area (Å²) in [5.74, 6) is 0.179. The van der Waals surface area contributed by atoms with E-state index in [0.717, 1.165) is 4.57 Å². The summed E-state index contributed by atoms with van der Waals surface area (Å²) < 4.78 is 7.68. The van der Waals surface area contributed by atoms with Crippen molar-refractivity contribution in [2.75, 3.05) is 12.4 Å². The van der Waals surface area contributed by atoms with Crippen LogP contribution < -0.4 is 21.9 Å². The summed E-state index contributed by atoms with van der Waals surface area (Å²) >= 11 is 1.18. The van der Waals surface area contributed by atoms with Gasteiger partial charge < -0.3 is 15.4 Å². The standard InChI is InChI=1S/C21H28N6O5S/c1-7-32-19(29)14-11(4)22-20(30)25-13(14)9-33-17-15-16(23-12(5)24-17)27(8-10(2)3)21(31)26(6)18(15)28/h10-11H,7-9H2,1-6H3,(H2,22,25,30). The second-order valence-corrected chi connectivity index (χ2v) is 9.11. The van der Waals surface area contributed by atoms with E-state index in [2.05, 4.69) is 20.6 Å². The van der Waals surface area contributed by atoms with Gasteiger partial charge in [0, 0.05) is 25.0 Å². The molecule has 0 saturated carbocycles. The van der Waals surface area contributed by atoms with Gasteiger partial charge in [0.15, 0.2) is 5.65 Å². The Labute approximate surface area is 194 Å². The van der Waals surface area contributed by atoms with Crippen LogP contribution in [0.15, 0.2) is 25.9 Å². The number of hydrogen-bond acceptors (Lipinski definition) is 8. The summed E-state index contributed by atoms with van der Waals surface area (Å²) in [6, 6.07) is -0.974. The molecule has 1 atom stereocenters. The third kappa shape index (κ3) is 4.95. The number of nitrogens with zero attached hydrogens (tertiary/aromatic N) is 4. The maximum absolute atomic E-state index is 13.0. The normalized spacial score (nSPS) is 16.2. The molecule has 0 spiro atoms. The molecule has 2 amide bonds. The lowest BCUT2D eigenvalue weighted by Crippen LogP contribution is -2.49. The summed E-state index contributed by atoms with van der Waals surface area (Å²) in [4.78, 5) is 59.1. The van der Waals surface area contributed by atoms with Crippen LogP contribution in [-0.2, 0) is 23.1 Å². The van der Waals surface area contributed by atoms with E-state index in [9.17, 15) is 19.2 Å². The Morgan fingerprint density at radius 3 is 2.58 bits per heavy atom. The highest BCUT2D eigenvalue weighted by Crippen LogP contribution is 2.26. The number of aryl methyl sites for hydroxylation is 1. The average molecular weight is 477 g/mol. The van der Waals surface area contributed by atoms with E-state index in [1.165, 1.54) is 23.4 Å². The Bertz CT molecular complexity index is 1260. The number of urea groups is 1. The van der Waals surface area contributed by atoms with Crippen LogP contribution >= 0.6 is 11.8 Å². The topological polar surface area (TPSA) is 137 Å². The fourth-order valence-corrected chi connectivity index (χ4v) is 4.64. The first-order valence-electron chi connectivity index (χ1n) is 10.6. The van der Waals surface area contributed by atoms with Gasteiger partial charge in [-0.1, -0.05) is 25.6 Å². The third-order valence-electron chi connectivity index (χ3n) is 5.03. The smallest absolute Gasteiger partial charge is 0.337 e. The van der Waals surface area contributed by atoms with Gasteiger partial charge in [0.2, 0.25) is 0 Å². The minimum atomic E-state index is -0.540. The third-order valence-corrected chi connectivity index (χ3v) is 6.03. The quantitative estimate of drug-likeness (QED) is 0.344. The molecule has 2 aromatic heterocycles. The van der Waals surface area contributed by atoms with E-state index in [0.29, 0.717) is 28.7 Å². The predicted molar refractivity (Wildman–Crippen MR) is 124 cm³/mol. The lowest BCUT2D eigenvalue weighted by molar-refractivity contribution is -0.138. The fraction of sp³-hybridized carbons (Fsp3) is 0.524. The van der Waals surface area contributed by atoms with Gasteiger partial charge in [0.1, 0.15) is 16.2 Å². The van der Waals surface area contributed by atoms with Gasteiger partial charge in [-0.15, -0.1) is 0 Å². The highest BCUT2D eigenvalue weighted by Gasteiger charge is 2.30. The zero-order chi connectivity index (χ0) is 24.4. The second kappa shape index (κ2) is 9.77. The lowest BCUT2D eigenvalue weighted by Gasteiger charge is -2.26. The van der Waals surface area contributed by atoms with E-state index in [1.807, 2.05) is 13.8 Å². The fourth-order valence-electron chi connectivity index (χ4n) is 3.61. The van der Waals surface area contributed by atoms with Crippen LogP contribution in [0.4, 0.5) is 4.79 Å². The first-order valence-corrected chi connectivity index (χ1v) is 11.6. The van der Waals surface area contributed by atoms with Crippen LogP contribution in [0.5, 0.6) is 0 Å². The molecule has 1 aliphatic heterocycles.